The average molecular weight is 333 g/mol. The van der Waals surface area contributed by atoms with Crippen molar-refractivity contribution in [3.63, 3.8) is 0 Å². The highest BCUT2D eigenvalue weighted by Crippen LogP contribution is 2.24. The second-order valence-corrected chi connectivity index (χ2v) is 6.06. The third kappa shape index (κ3) is 4.01. The van der Waals surface area contributed by atoms with Crippen molar-refractivity contribution < 1.29 is 14.6 Å². The molecule has 130 valence electrons. The van der Waals surface area contributed by atoms with E-state index in [0.29, 0.717) is 19.4 Å². The maximum atomic E-state index is 11.6. The van der Waals surface area contributed by atoms with Crippen LogP contribution in [0.5, 0.6) is 5.88 Å². The Morgan fingerprint density at radius 2 is 2.12 bits per heavy atom. The zero-order chi connectivity index (χ0) is 16.9. The number of anilines is 1. The SMILES string of the molecule is CCC(O)CCNC(=O)Oc1ccc(N2CC3=C(CNC3)C2)nn1. The van der Waals surface area contributed by atoms with Gasteiger partial charge in [0.15, 0.2) is 5.82 Å². The molecule has 8 heteroatoms. The molecular weight excluding hydrogens is 310 g/mol. The lowest BCUT2D eigenvalue weighted by Crippen LogP contribution is -2.30. The Morgan fingerprint density at radius 1 is 1.38 bits per heavy atom. The molecular formula is C16H23N5O3. The van der Waals surface area contributed by atoms with E-state index in [-0.39, 0.29) is 5.88 Å². The van der Waals surface area contributed by atoms with E-state index in [0.717, 1.165) is 32.0 Å². The molecule has 0 bridgehead atoms. The first-order chi connectivity index (χ1) is 11.7. The highest BCUT2D eigenvalue weighted by atomic mass is 16.6. The molecule has 24 heavy (non-hydrogen) atoms. The minimum absolute atomic E-state index is 0.161. The van der Waals surface area contributed by atoms with Crippen molar-refractivity contribution in [2.24, 2.45) is 0 Å². The summed E-state index contributed by atoms with van der Waals surface area (Å²) >= 11 is 0. The Morgan fingerprint density at radius 3 is 2.75 bits per heavy atom. The first kappa shape index (κ1) is 16.7. The first-order valence-electron chi connectivity index (χ1n) is 8.28. The van der Waals surface area contributed by atoms with Gasteiger partial charge >= 0.3 is 6.09 Å². The highest BCUT2D eigenvalue weighted by Gasteiger charge is 2.26. The fraction of sp³-hybridized carbons (Fsp3) is 0.562. The summed E-state index contributed by atoms with van der Waals surface area (Å²) in [7, 11) is 0. The highest BCUT2D eigenvalue weighted by molar-refractivity contribution is 5.69. The summed E-state index contributed by atoms with van der Waals surface area (Å²) in [5, 5.41) is 23.5. The third-order valence-corrected chi connectivity index (χ3v) is 4.31. The number of carbonyl (C=O) groups excluding carboxylic acids is 1. The monoisotopic (exact) mass is 333 g/mol. The molecule has 8 nitrogen and oxygen atoms in total. The number of amides is 1. The van der Waals surface area contributed by atoms with Gasteiger partial charge in [0, 0.05) is 38.8 Å². The van der Waals surface area contributed by atoms with Crippen LogP contribution in [0.25, 0.3) is 0 Å². The minimum atomic E-state index is -0.590. The van der Waals surface area contributed by atoms with Crippen LogP contribution in [-0.2, 0) is 0 Å². The topological polar surface area (TPSA) is 99.6 Å². The molecule has 2 aliphatic rings. The molecule has 0 fully saturated rings. The number of hydrogen-bond acceptors (Lipinski definition) is 7. The lowest BCUT2D eigenvalue weighted by Gasteiger charge is -2.18. The molecule has 0 saturated heterocycles. The smallest absolute Gasteiger partial charge is 0.393 e. The van der Waals surface area contributed by atoms with Gasteiger partial charge in [-0.05, 0) is 30.1 Å². The Hall–Kier alpha value is -2.19. The molecule has 0 saturated carbocycles. The lowest BCUT2D eigenvalue weighted by molar-refractivity contribution is 0.157. The number of nitrogens with zero attached hydrogens (tertiary/aromatic N) is 3. The van der Waals surface area contributed by atoms with Crippen LogP contribution in [0.3, 0.4) is 0 Å². The first-order valence-corrected chi connectivity index (χ1v) is 8.28. The van der Waals surface area contributed by atoms with Crippen molar-refractivity contribution in [1.29, 1.82) is 0 Å². The van der Waals surface area contributed by atoms with Gasteiger partial charge in [0.1, 0.15) is 0 Å². The van der Waals surface area contributed by atoms with Crippen molar-refractivity contribution >= 4 is 11.9 Å². The van der Waals surface area contributed by atoms with Crippen LogP contribution in [0.1, 0.15) is 19.8 Å². The normalized spacial score (nSPS) is 17.8. The number of aromatic nitrogens is 2. The Labute approximate surface area is 140 Å². The van der Waals surface area contributed by atoms with Crippen molar-refractivity contribution in [1.82, 2.24) is 20.8 Å². The Bertz CT molecular complexity index is 601. The summed E-state index contributed by atoms with van der Waals surface area (Å²) in [5.74, 6) is 0.942. The lowest BCUT2D eigenvalue weighted by atomic mass is 10.2. The predicted molar refractivity (Wildman–Crippen MR) is 89.1 cm³/mol. The van der Waals surface area contributed by atoms with Gasteiger partial charge in [-0.2, -0.15) is 0 Å². The van der Waals surface area contributed by atoms with Gasteiger partial charge in [-0.25, -0.2) is 4.79 Å². The van der Waals surface area contributed by atoms with E-state index in [4.69, 9.17) is 4.74 Å². The number of hydrogen-bond donors (Lipinski definition) is 3. The molecule has 1 aromatic heterocycles. The molecule has 3 heterocycles. The molecule has 1 amide bonds. The largest absolute Gasteiger partial charge is 0.413 e. The molecule has 1 aromatic rings. The van der Waals surface area contributed by atoms with E-state index in [2.05, 4.69) is 25.7 Å². The summed E-state index contributed by atoms with van der Waals surface area (Å²) in [4.78, 5) is 13.8. The number of ether oxygens (including phenoxy) is 1. The van der Waals surface area contributed by atoms with E-state index >= 15 is 0 Å². The van der Waals surface area contributed by atoms with Crippen LogP contribution in [0.2, 0.25) is 0 Å². The predicted octanol–water partition coefficient (Wildman–Crippen LogP) is 0.446. The molecule has 0 spiro atoms. The van der Waals surface area contributed by atoms with Gasteiger partial charge in [0.05, 0.1) is 6.10 Å². The van der Waals surface area contributed by atoms with Gasteiger partial charge in [0.25, 0.3) is 0 Å². The quantitative estimate of drug-likeness (QED) is 0.650. The van der Waals surface area contributed by atoms with Gasteiger partial charge in [-0.3, -0.25) is 0 Å². The van der Waals surface area contributed by atoms with Crippen LogP contribution in [0.4, 0.5) is 10.6 Å². The van der Waals surface area contributed by atoms with Crippen LogP contribution in [0.15, 0.2) is 23.3 Å². The summed E-state index contributed by atoms with van der Waals surface area (Å²) in [6, 6.07) is 3.45. The van der Waals surface area contributed by atoms with E-state index in [9.17, 15) is 9.90 Å². The number of aliphatic hydroxyl groups is 1. The van der Waals surface area contributed by atoms with Gasteiger partial charge in [-0.15, -0.1) is 10.2 Å². The molecule has 0 aromatic carbocycles. The molecule has 1 unspecified atom stereocenters. The average Bonchev–Trinajstić information content (AvgIpc) is 3.17. The molecule has 3 rings (SSSR count). The van der Waals surface area contributed by atoms with Crippen LogP contribution >= 0.6 is 0 Å². The maximum Gasteiger partial charge on any atom is 0.413 e. The second-order valence-electron chi connectivity index (χ2n) is 6.06. The van der Waals surface area contributed by atoms with Crippen LogP contribution in [-0.4, -0.2) is 60.2 Å². The van der Waals surface area contributed by atoms with Crippen molar-refractivity contribution in [2.45, 2.75) is 25.9 Å². The van der Waals surface area contributed by atoms with Gasteiger partial charge in [-0.1, -0.05) is 6.92 Å². The van der Waals surface area contributed by atoms with E-state index in [1.54, 1.807) is 6.07 Å². The summed E-state index contributed by atoms with van der Waals surface area (Å²) in [5.41, 5.74) is 2.87. The molecule has 3 N–H and O–H groups in total. The zero-order valence-corrected chi connectivity index (χ0v) is 13.8. The van der Waals surface area contributed by atoms with E-state index in [1.165, 1.54) is 11.1 Å². The van der Waals surface area contributed by atoms with Crippen molar-refractivity contribution in [2.75, 3.05) is 37.6 Å². The number of rotatable bonds is 6. The Balaban J connectivity index is 1.46. The summed E-state index contributed by atoms with van der Waals surface area (Å²) in [6.45, 7) is 5.90. The molecule has 0 radical (unpaired) electrons. The van der Waals surface area contributed by atoms with E-state index < -0.39 is 12.2 Å². The zero-order valence-electron chi connectivity index (χ0n) is 13.8. The molecule has 1 atom stereocenters. The van der Waals surface area contributed by atoms with Crippen LogP contribution in [0, 0.1) is 0 Å². The number of carbonyl (C=O) groups is 1. The molecule has 0 aliphatic carbocycles. The standard InChI is InChI=1S/C16H23N5O3/c1-2-13(22)5-6-18-16(23)24-15-4-3-14(19-20-15)21-9-11-7-17-8-12(11)10-21/h3-4,13,17,22H,2,5-10H2,1H3,(H,18,23). The molecule has 2 aliphatic heterocycles. The minimum Gasteiger partial charge on any atom is -0.393 e. The van der Waals surface area contributed by atoms with Crippen LogP contribution < -0.4 is 20.3 Å². The summed E-state index contributed by atoms with van der Waals surface area (Å²) in [6.07, 6.45) is 0.162. The number of aliphatic hydroxyl groups excluding tert-OH is 1. The van der Waals surface area contributed by atoms with Crippen molar-refractivity contribution in [3.05, 3.63) is 23.3 Å². The third-order valence-electron chi connectivity index (χ3n) is 4.31. The number of nitrogens with one attached hydrogen (secondary N) is 2. The Kier molecular flexibility index (Phi) is 5.27. The van der Waals surface area contributed by atoms with Gasteiger partial charge < -0.3 is 25.4 Å². The van der Waals surface area contributed by atoms with E-state index in [1.807, 2.05) is 13.0 Å². The fourth-order valence-electron chi connectivity index (χ4n) is 2.84. The van der Waals surface area contributed by atoms with Crippen molar-refractivity contribution in [3.8, 4) is 5.88 Å². The van der Waals surface area contributed by atoms with Gasteiger partial charge in [0.2, 0.25) is 5.88 Å². The maximum absolute atomic E-state index is 11.6. The summed E-state index contributed by atoms with van der Waals surface area (Å²) < 4.78 is 5.08. The fourth-order valence-corrected chi connectivity index (χ4v) is 2.84. The second kappa shape index (κ2) is 7.59.